The molecule has 3 aromatic rings. The summed E-state index contributed by atoms with van der Waals surface area (Å²) in [6, 6.07) is 7.58. The maximum Gasteiger partial charge on any atom is 0.346 e. The number of carboxylic acids is 1. The Morgan fingerprint density at radius 1 is 1.12 bits per heavy atom. The van der Waals surface area contributed by atoms with Gasteiger partial charge in [-0.05, 0) is 46.8 Å². The van der Waals surface area contributed by atoms with Gasteiger partial charge >= 0.3 is 5.97 Å². The zero-order valence-electron chi connectivity index (χ0n) is 16.0. The first kappa shape index (κ1) is 21.8. The van der Waals surface area contributed by atoms with Crippen molar-refractivity contribution in [3.8, 4) is 0 Å². The first-order valence-corrected chi connectivity index (χ1v) is 11.6. The largest absolute Gasteiger partial charge is 0.477 e. The average molecular weight is 477 g/mol. The van der Waals surface area contributed by atoms with Gasteiger partial charge in [-0.1, -0.05) is 12.1 Å². The number of halogens is 2. The van der Waals surface area contributed by atoms with Crippen molar-refractivity contribution in [2.75, 3.05) is 4.90 Å². The lowest BCUT2D eigenvalue weighted by Crippen LogP contribution is -2.43. The fourth-order valence-electron chi connectivity index (χ4n) is 3.41. The number of nitrogens with zero attached hydrogens (tertiary/aromatic N) is 1. The van der Waals surface area contributed by atoms with Crippen LogP contribution in [0.4, 0.5) is 14.5 Å². The van der Waals surface area contributed by atoms with E-state index in [0.717, 1.165) is 41.7 Å². The quantitative estimate of drug-likeness (QED) is 0.446. The van der Waals surface area contributed by atoms with E-state index < -0.39 is 50.7 Å². The van der Waals surface area contributed by atoms with Gasteiger partial charge in [-0.2, -0.15) is 0 Å². The predicted molar refractivity (Wildman–Crippen MR) is 110 cm³/mol. The second-order valence-corrected chi connectivity index (χ2v) is 9.85. The molecule has 0 unspecified atom stereocenters. The van der Waals surface area contributed by atoms with Gasteiger partial charge in [0.25, 0.3) is 5.91 Å². The smallest absolute Gasteiger partial charge is 0.346 e. The maximum absolute atomic E-state index is 14.6. The summed E-state index contributed by atoms with van der Waals surface area (Å²) in [5.74, 6) is -5.49. The Hall–Kier alpha value is -3.44. The van der Waals surface area contributed by atoms with E-state index in [4.69, 9.17) is 0 Å². The highest BCUT2D eigenvalue weighted by Crippen LogP contribution is 2.34. The summed E-state index contributed by atoms with van der Waals surface area (Å²) >= 11 is 0.771. The first-order valence-electron chi connectivity index (χ1n) is 9.06. The molecule has 0 spiro atoms. The molecular weight excluding hydrogens is 464 g/mol. The molecule has 1 aliphatic rings. The topological polar surface area (TPSA) is 109 Å². The van der Waals surface area contributed by atoms with Crippen molar-refractivity contribution < 1.29 is 36.7 Å². The second-order valence-electron chi connectivity index (χ2n) is 6.98. The molecule has 164 valence electrons. The third kappa shape index (κ3) is 3.80. The van der Waals surface area contributed by atoms with E-state index in [2.05, 4.69) is 0 Å². The molecule has 2 heterocycles. The number of carbonyl (C=O) groups is 3. The Bertz CT molecular complexity index is 1400. The van der Waals surface area contributed by atoms with Crippen molar-refractivity contribution in [1.29, 1.82) is 0 Å². The fourth-order valence-corrected chi connectivity index (χ4v) is 5.66. The van der Waals surface area contributed by atoms with E-state index in [1.54, 1.807) is 0 Å². The number of amides is 2. The molecular formula is C21H13F2NO6S2. The van der Waals surface area contributed by atoms with Crippen LogP contribution in [0, 0.1) is 11.6 Å². The second kappa shape index (κ2) is 7.92. The van der Waals surface area contributed by atoms with Gasteiger partial charge < -0.3 is 5.11 Å². The summed E-state index contributed by atoms with van der Waals surface area (Å²) in [6.45, 7) is 0. The Kier molecular flexibility index (Phi) is 5.39. The van der Waals surface area contributed by atoms with Gasteiger partial charge in [0.2, 0.25) is 5.91 Å². The lowest BCUT2D eigenvalue weighted by Gasteiger charge is -2.26. The minimum Gasteiger partial charge on any atom is -0.477 e. The number of hydrogen-bond acceptors (Lipinski definition) is 6. The molecule has 0 saturated heterocycles. The third-order valence-corrected chi connectivity index (χ3v) is 7.54. The Morgan fingerprint density at radius 3 is 2.56 bits per heavy atom. The maximum atomic E-state index is 14.6. The third-order valence-electron chi connectivity index (χ3n) is 4.83. The van der Waals surface area contributed by atoms with Crippen molar-refractivity contribution in [3.63, 3.8) is 0 Å². The molecule has 1 N–H and O–H groups in total. The van der Waals surface area contributed by atoms with Crippen LogP contribution in [0.25, 0.3) is 0 Å². The van der Waals surface area contributed by atoms with E-state index in [-0.39, 0.29) is 32.9 Å². The summed E-state index contributed by atoms with van der Waals surface area (Å²) in [4.78, 5) is 36.8. The van der Waals surface area contributed by atoms with Crippen LogP contribution in [-0.2, 0) is 26.8 Å². The van der Waals surface area contributed by atoms with E-state index in [9.17, 15) is 36.7 Å². The lowest BCUT2D eigenvalue weighted by atomic mass is 10.0. The average Bonchev–Trinajstić information content (AvgIpc) is 3.13. The minimum absolute atomic E-state index is 0.162. The number of carbonyl (C=O) groups excluding carboxylic acids is 2. The van der Waals surface area contributed by atoms with Crippen molar-refractivity contribution >= 4 is 44.6 Å². The van der Waals surface area contributed by atoms with Crippen molar-refractivity contribution in [2.24, 2.45) is 0 Å². The van der Waals surface area contributed by atoms with Gasteiger partial charge in [0.1, 0.15) is 16.5 Å². The molecule has 4 rings (SSSR count). The minimum atomic E-state index is -4.09. The van der Waals surface area contributed by atoms with Crippen LogP contribution in [-0.4, -0.2) is 31.3 Å². The van der Waals surface area contributed by atoms with Gasteiger partial charge in [-0.3, -0.25) is 9.59 Å². The summed E-state index contributed by atoms with van der Waals surface area (Å²) < 4.78 is 53.7. The van der Waals surface area contributed by atoms with Gasteiger partial charge in [-0.25, -0.2) is 26.9 Å². The number of imide groups is 1. The molecule has 0 saturated carbocycles. The first-order chi connectivity index (χ1) is 15.1. The Labute approximate surface area is 184 Å². The van der Waals surface area contributed by atoms with Gasteiger partial charge in [0, 0.05) is 0 Å². The Balaban J connectivity index is 1.76. The molecule has 1 aliphatic heterocycles. The molecule has 1 aromatic heterocycles. The zero-order chi connectivity index (χ0) is 23.2. The van der Waals surface area contributed by atoms with E-state index in [1.165, 1.54) is 17.5 Å². The zero-order valence-corrected chi connectivity index (χ0v) is 17.7. The van der Waals surface area contributed by atoms with Crippen LogP contribution < -0.4 is 4.90 Å². The van der Waals surface area contributed by atoms with Gasteiger partial charge in [0.05, 0.1) is 28.3 Å². The number of aromatic carboxylic acids is 1. The molecule has 11 heteroatoms. The van der Waals surface area contributed by atoms with E-state index in [1.807, 2.05) is 0 Å². The molecule has 0 fully saturated rings. The van der Waals surface area contributed by atoms with Crippen molar-refractivity contribution in [2.45, 2.75) is 17.1 Å². The molecule has 0 bridgehead atoms. The Morgan fingerprint density at radius 2 is 1.88 bits per heavy atom. The standard InChI is InChI=1S/C21H13F2NO6S2/c22-13-3-1-2-11(6-13)10-32(29,30)14-4-5-15(23)16(8-14)24-17(25)7-12-9-31-19(21(27)28)18(12)20(24)26/h1-6,8-9H,7,10H2,(H,27,28). The number of fused-ring (bicyclic) bond motifs is 1. The number of hydrogen-bond donors (Lipinski definition) is 1. The normalized spacial score (nSPS) is 13.9. The predicted octanol–water partition coefficient (Wildman–Crippen LogP) is 3.43. The number of carboxylic acid groups (broad SMARTS) is 1. The van der Waals surface area contributed by atoms with Crippen LogP contribution in [0.2, 0.25) is 0 Å². The summed E-state index contributed by atoms with van der Waals surface area (Å²) in [5, 5.41) is 10.7. The summed E-state index contributed by atoms with van der Waals surface area (Å²) in [5.41, 5.74) is -0.452. The molecule has 0 aliphatic carbocycles. The molecule has 7 nitrogen and oxygen atoms in total. The van der Waals surface area contributed by atoms with E-state index >= 15 is 0 Å². The molecule has 0 radical (unpaired) electrons. The van der Waals surface area contributed by atoms with Gasteiger partial charge in [-0.15, -0.1) is 11.3 Å². The van der Waals surface area contributed by atoms with E-state index in [0.29, 0.717) is 4.90 Å². The summed E-state index contributed by atoms with van der Waals surface area (Å²) in [7, 11) is -4.09. The van der Waals surface area contributed by atoms with Crippen molar-refractivity contribution in [1.82, 2.24) is 0 Å². The lowest BCUT2D eigenvalue weighted by molar-refractivity contribution is -0.117. The van der Waals surface area contributed by atoms with Crippen LogP contribution >= 0.6 is 11.3 Å². The number of benzene rings is 2. The van der Waals surface area contributed by atoms with Gasteiger partial charge in [0.15, 0.2) is 9.84 Å². The summed E-state index contributed by atoms with van der Waals surface area (Å²) in [6.07, 6.45) is -0.343. The number of thiophene rings is 1. The highest BCUT2D eigenvalue weighted by Gasteiger charge is 2.38. The molecule has 2 aromatic carbocycles. The van der Waals surface area contributed by atoms with Crippen LogP contribution in [0.3, 0.4) is 0 Å². The van der Waals surface area contributed by atoms with Crippen molar-refractivity contribution in [3.05, 3.63) is 81.0 Å². The monoisotopic (exact) mass is 477 g/mol. The molecule has 0 atom stereocenters. The molecule has 2 amide bonds. The van der Waals surface area contributed by atoms with Crippen LogP contribution in [0.5, 0.6) is 0 Å². The highest BCUT2D eigenvalue weighted by molar-refractivity contribution is 7.90. The fraction of sp³-hybridized carbons (Fsp3) is 0.0952. The van der Waals surface area contributed by atoms with Crippen LogP contribution in [0.15, 0.2) is 52.7 Å². The number of rotatable bonds is 5. The highest BCUT2D eigenvalue weighted by atomic mass is 32.2. The number of anilines is 1. The number of sulfone groups is 1. The SMILES string of the molecule is O=C(O)c1scc2c1C(=O)N(c1cc(S(=O)(=O)Cc3cccc(F)c3)ccc1F)C(=O)C2. The molecule has 32 heavy (non-hydrogen) atoms. The van der Waals surface area contributed by atoms with Crippen LogP contribution in [0.1, 0.15) is 31.2 Å².